The van der Waals surface area contributed by atoms with Crippen LogP contribution in [0, 0.1) is 5.82 Å². The average Bonchev–Trinajstić information content (AvgIpc) is 2.90. The molecule has 0 radical (unpaired) electrons. The molecule has 104 valence electrons. The topological polar surface area (TPSA) is 47.3 Å². The van der Waals surface area contributed by atoms with E-state index in [-0.39, 0.29) is 5.82 Å². The predicted octanol–water partition coefficient (Wildman–Crippen LogP) is 2.97. The van der Waals surface area contributed by atoms with Crippen molar-refractivity contribution in [2.45, 2.75) is 12.5 Å². The van der Waals surface area contributed by atoms with Crippen molar-refractivity contribution < 1.29 is 9.13 Å². The minimum atomic E-state index is -0.491. The standard InChI is InChI=1S/C15H14ClFN2O/c16-11-2-1-3-12(17)14(11)15(19-18)10-4-5-13-9(8-10)6-7-20-13/h1-5,8,15,19H,6-7,18H2. The van der Waals surface area contributed by atoms with E-state index in [4.69, 9.17) is 22.2 Å². The molecule has 1 aliphatic heterocycles. The Morgan fingerprint density at radius 2 is 2.15 bits per heavy atom. The van der Waals surface area contributed by atoms with Crippen molar-refractivity contribution in [3.63, 3.8) is 0 Å². The van der Waals surface area contributed by atoms with Gasteiger partial charge in [0.1, 0.15) is 11.6 Å². The number of nitrogens with one attached hydrogen (secondary N) is 1. The predicted molar refractivity (Wildman–Crippen MR) is 76.2 cm³/mol. The van der Waals surface area contributed by atoms with Crippen molar-refractivity contribution in [2.24, 2.45) is 5.84 Å². The van der Waals surface area contributed by atoms with Crippen LogP contribution in [0.1, 0.15) is 22.7 Å². The summed E-state index contributed by atoms with van der Waals surface area (Å²) >= 11 is 6.11. The summed E-state index contributed by atoms with van der Waals surface area (Å²) in [6, 6.07) is 9.85. The molecule has 2 aromatic rings. The molecule has 3 rings (SSSR count). The number of hydrogen-bond acceptors (Lipinski definition) is 3. The first-order valence-electron chi connectivity index (χ1n) is 6.36. The summed E-state index contributed by atoms with van der Waals surface area (Å²) in [6.45, 7) is 0.681. The highest BCUT2D eigenvalue weighted by atomic mass is 35.5. The fourth-order valence-electron chi connectivity index (χ4n) is 2.52. The maximum atomic E-state index is 14.0. The van der Waals surface area contributed by atoms with Gasteiger partial charge in [0.2, 0.25) is 0 Å². The number of ether oxygens (including phenoxy) is 1. The molecule has 5 heteroatoms. The fourth-order valence-corrected chi connectivity index (χ4v) is 2.79. The molecule has 0 amide bonds. The summed E-state index contributed by atoms with van der Waals surface area (Å²) in [4.78, 5) is 0. The van der Waals surface area contributed by atoms with Gasteiger partial charge in [0.25, 0.3) is 0 Å². The zero-order valence-electron chi connectivity index (χ0n) is 10.7. The molecule has 3 N–H and O–H groups in total. The number of hydrazine groups is 1. The highest BCUT2D eigenvalue weighted by Gasteiger charge is 2.22. The summed E-state index contributed by atoms with van der Waals surface area (Å²) in [6.07, 6.45) is 0.853. The molecule has 0 bridgehead atoms. The van der Waals surface area contributed by atoms with Crippen molar-refractivity contribution in [3.05, 3.63) is 63.9 Å². The lowest BCUT2D eigenvalue weighted by Crippen LogP contribution is -2.29. The van der Waals surface area contributed by atoms with Gasteiger partial charge >= 0.3 is 0 Å². The molecule has 1 atom stereocenters. The molecule has 3 nitrogen and oxygen atoms in total. The Morgan fingerprint density at radius 1 is 1.30 bits per heavy atom. The quantitative estimate of drug-likeness (QED) is 0.675. The van der Waals surface area contributed by atoms with Gasteiger partial charge in [-0.15, -0.1) is 0 Å². The molecule has 20 heavy (non-hydrogen) atoms. The molecule has 0 aliphatic carbocycles. The Balaban J connectivity index is 2.06. The lowest BCUT2D eigenvalue weighted by molar-refractivity contribution is 0.357. The van der Waals surface area contributed by atoms with Crippen LogP contribution >= 0.6 is 11.6 Å². The van der Waals surface area contributed by atoms with Gasteiger partial charge in [-0.05, 0) is 29.3 Å². The summed E-state index contributed by atoms with van der Waals surface area (Å²) in [5, 5.41) is 0.352. The Hall–Kier alpha value is -1.62. The zero-order chi connectivity index (χ0) is 14.1. The van der Waals surface area contributed by atoms with E-state index >= 15 is 0 Å². The van der Waals surface area contributed by atoms with Crippen molar-refractivity contribution in [1.29, 1.82) is 0 Å². The zero-order valence-corrected chi connectivity index (χ0v) is 11.5. The molecule has 0 saturated heterocycles. The maximum Gasteiger partial charge on any atom is 0.129 e. The molecule has 1 aliphatic rings. The highest BCUT2D eigenvalue weighted by Crippen LogP contribution is 2.33. The smallest absolute Gasteiger partial charge is 0.129 e. The first-order valence-corrected chi connectivity index (χ1v) is 6.74. The third kappa shape index (κ3) is 2.26. The normalized spacial score (nSPS) is 14.8. The van der Waals surface area contributed by atoms with Gasteiger partial charge in [-0.3, -0.25) is 5.84 Å². The highest BCUT2D eigenvalue weighted by molar-refractivity contribution is 6.31. The lowest BCUT2D eigenvalue weighted by atomic mass is 9.96. The number of nitrogens with two attached hydrogens (primary N) is 1. The Bertz CT molecular complexity index is 628. The van der Waals surface area contributed by atoms with Crippen LogP contribution in [0.5, 0.6) is 5.75 Å². The van der Waals surface area contributed by atoms with Crippen LogP contribution in [0.15, 0.2) is 36.4 Å². The van der Waals surface area contributed by atoms with Gasteiger partial charge in [0.15, 0.2) is 0 Å². The summed E-state index contributed by atoms with van der Waals surface area (Å²) in [5.41, 5.74) is 4.97. The second kappa shape index (κ2) is 5.40. The summed E-state index contributed by atoms with van der Waals surface area (Å²) in [5.74, 6) is 6.11. The van der Waals surface area contributed by atoms with Crippen molar-refractivity contribution in [3.8, 4) is 5.75 Å². The Kier molecular flexibility index (Phi) is 3.61. The SMILES string of the molecule is NNC(c1ccc2c(c1)CCO2)c1c(F)cccc1Cl. The second-order valence-corrected chi connectivity index (χ2v) is 5.11. The van der Waals surface area contributed by atoms with E-state index in [0.717, 1.165) is 23.3 Å². The van der Waals surface area contributed by atoms with Crippen LogP contribution in [0.3, 0.4) is 0 Å². The van der Waals surface area contributed by atoms with E-state index in [9.17, 15) is 4.39 Å². The molecule has 1 heterocycles. The number of rotatable bonds is 3. The van der Waals surface area contributed by atoms with E-state index in [1.54, 1.807) is 12.1 Å². The largest absolute Gasteiger partial charge is 0.493 e. The average molecular weight is 293 g/mol. The summed E-state index contributed by atoms with van der Waals surface area (Å²) < 4.78 is 19.5. The third-order valence-electron chi connectivity index (χ3n) is 3.50. The van der Waals surface area contributed by atoms with E-state index < -0.39 is 6.04 Å². The molecule has 2 aromatic carbocycles. The Morgan fingerprint density at radius 3 is 2.90 bits per heavy atom. The van der Waals surface area contributed by atoms with Gasteiger partial charge < -0.3 is 4.74 Å². The van der Waals surface area contributed by atoms with Gasteiger partial charge in [0.05, 0.1) is 12.6 Å². The van der Waals surface area contributed by atoms with Gasteiger partial charge in [0, 0.05) is 17.0 Å². The number of halogens is 2. The second-order valence-electron chi connectivity index (χ2n) is 4.70. The van der Waals surface area contributed by atoms with Crippen molar-refractivity contribution >= 4 is 11.6 Å². The number of hydrogen-bond donors (Lipinski definition) is 2. The van der Waals surface area contributed by atoms with E-state index in [0.29, 0.717) is 17.2 Å². The molecular weight excluding hydrogens is 279 g/mol. The Labute approximate surface area is 121 Å². The lowest BCUT2D eigenvalue weighted by Gasteiger charge is -2.19. The molecule has 0 aromatic heterocycles. The molecule has 1 unspecified atom stereocenters. The van der Waals surface area contributed by atoms with Crippen LogP contribution in [-0.4, -0.2) is 6.61 Å². The minimum absolute atomic E-state index is 0.352. The third-order valence-corrected chi connectivity index (χ3v) is 3.83. The van der Waals surface area contributed by atoms with Crippen LogP contribution in [-0.2, 0) is 6.42 Å². The van der Waals surface area contributed by atoms with Crippen molar-refractivity contribution in [2.75, 3.05) is 6.61 Å². The van der Waals surface area contributed by atoms with Crippen LogP contribution in [0.2, 0.25) is 5.02 Å². The van der Waals surface area contributed by atoms with Crippen LogP contribution in [0.4, 0.5) is 4.39 Å². The first-order chi connectivity index (χ1) is 9.70. The van der Waals surface area contributed by atoms with E-state index in [1.165, 1.54) is 6.07 Å². The first kappa shape index (κ1) is 13.4. The molecule has 0 saturated carbocycles. The monoisotopic (exact) mass is 292 g/mol. The summed E-state index contributed by atoms with van der Waals surface area (Å²) in [7, 11) is 0. The van der Waals surface area contributed by atoms with Crippen LogP contribution < -0.4 is 16.0 Å². The maximum absolute atomic E-state index is 14.0. The number of fused-ring (bicyclic) bond motifs is 1. The fraction of sp³-hybridized carbons (Fsp3) is 0.200. The van der Waals surface area contributed by atoms with Crippen molar-refractivity contribution in [1.82, 2.24) is 5.43 Å². The van der Waals surface area contributed by atoms with E-state index in [1.807, 2.05) is 18.2 Å². The molecule has 0 fully saturated rings. The molecule has 0 spiro atoms. The number of benzene rings is 2. The molecular formula is C15H14ClFN2O. The van der Waals surface area contributed by atoms with Crippen LogP contribution in [0.25, 0.3) is 0 Å². The van der Waals surface area contributed by atoms with Gasteiger partial charge in [-0.2, -0.15) is 0 Å². The minimum Gasteiger partial charge on any atom is -0.493 e. The van der Waals surface area contributed by atoms with Gasteiger partial charge in [-0.25, -0.2) is 9.82 Å². The van der Waals surface area contributed by atoms with E-state index in [2.05, 4.69) is 5.43 Å². The van der Waals surface area contributed by atoms with Gasteiger partial charge in [-0.1, -0.05) is 29.8 Å².